The molecule has 7 aliphatic rings. The second-order valence-corrected chi connectivity index (χ2v) is 18.4. The van der Waals surface area contributed by atoms with Gasteiger partial charge in [-0.05, 0) is 126 Å². The number of phenolic OH excluding ortho intramolecular Hbond substituents is 3. The molecule has 56 heavy (non-hydrogen) atoms. The van der Waals surface area contributed by atoms with Crippen molar-refractivity contribution in [1.82, 2.24) is 5.32 Å². The first-order chi connectivity index (χ1) is 27.1. The third-order valence-corrected chi connectivity index (χ3v) is 16.2. The molecule has 3 saturated carbocycles. The highest BCUT2D eigenvalue weighted by molar-refractivity contribution is 5.80. The Balaban J connectivity index is 1.17. The smallest absolute Gasteiger partial charge is 0.160 e. The first kappa shape index (κ1) is 36.1. The van der Waals surface area contributed by atoms with E-state index in [0.29, 0.717) is 30.0 Å². The largest absolute Gasteiger partial charge is 0.504 e. The molecule has 4 bridgehead atoms. The van der Waals surface area contributed by atoms with E-state index in [1.165, 1.54) is 32.4 Å². The van der Waals surface area contributed by atoms with Gasteiger partial charge < -0.3 is 35.6 Å². The Morgan fingerprint density at radius 1 is 0.946 bits per heavy atom. The van der Waals surface area contributed by atoms with E-state index in [-0.39, 0.29) is 88.8 Å². The number of hydrogen-bond donors (Lipinski definition) is 6. The van der Waals surface area contributed by atoms with E-state index in [9.17, 15) is 30.3 Å². The highest BCUT2D eigenvalue weighted by atomic mass is 16.5. The minimum Gasteiger partial charge on any atom is -0.504 e. The van der Waals surface area contributed by atoms with Gasteiger partial charge in [0, 0.05) is 54.5 Å². The Bertz CT molecular complexity index is 2170. The van der Waals surface area contributed by atoms with Gasteiger partial charge in [0.2, 0.25) is 0 Å². The maximum Gasteiger partial charge on any atom is 0.160 e. The number of Topliss-reactive ketones (excluding diaryl/α,β-unsaturated/α-hetero) is 1. The number of benzene rings is 3. The van der Waals surface area contributed by atoms with E-state index in [1.54, 1.807) is 6.07 Å². The molecule has 3 aromatic rings. The molecule has 10 rings (SSSR count). The van der Waals surface area contributed by atoms with Gasteiger partial charge in [0.1, 0.15) is 5.78 Å². The van der Waals surface area contributed by atoms with Gasteiger partial charge >= 0.3 is 0 Å². The summed E-state index contributed by atoms with van der Waals surface area (Å²) < 4.78 is 5.52. The first-order valence-electron chi connectivity index (χ1n) is 20.9. The number of aliphatic hydroxyl groups is 2. The summed E-state index contributed by atoms with van der Waals surface area (Å²) in [5, 5.41) is 60.5. The summed E-state index contributed by atoms with van der Waals surface area (Å²) in [6, 6.07) is 17.1. The molecule has 0 aromatic heterocycles. The van der Waals surface area contributed by atoms with Crippen LogP contribution in [0.5, 0.6) is 23.0 Å². The molecular formula is C48H53NO7. The van der Waals surface area contributed by atoms with Crippen LogP contribution in [0.1, 0.15) is 97.4 Å². The van der Waals surface area contributed by atoms with Crippen molar-refractivity contribution >= 4 is 5.78 Å². The van der Waals surface area contributed by atoms with Crippen molar-refractivity contribution in [3.63, 3.8) is 0 Å². The number of ketones is 1. The second-order valence-electron chi connectivity index (χ2n) is 18.4. The van der Waals surface area contributed by atoms with Crippen molar-refractivity contribution in [2.45, 2.75) is 100 Å². The Labute approximate surface area is 329 Å². The monoisotopic (exact) mass is 755 g/mol. The number of aromatic hydroxyl groups is 3. The standard InChI is InChI=1S/C48H53NO7/c1-56-42-21-34(30(25-50)17-40(42)54)33-18-32(51)19-41(55)45-29(10-9-28(33)16-27-6-3-2-4-7-27)24-49-44-12-15-46-14-11-31-8-5-13-47(31,26-46)36-23-43(46)48(44,45)37-22-39(53)38(52)20-35(36)37/h2-4,6-7,11,14,17,20-22,28-29,31,33,36,41,43-45,49-50,52-55H,5,8,12-13,15-16,18-19,23-26H2,1H3. The average Bonchev–Trinajstić information content (AvgIpc) is 3.61. The van der Waals surface area contributed by atoms with Crippen LogP contribution < -0.4 is 10.1 Å². The van der Waals surface area contributed by atoms with Gasteiger partial charge in [-0.1, -0.05) is 60.7 Å². The summed E-state index contributed by atoms with van der Waals surface area (Å²) in [4.78, 5) is 14.6. The minimum atomic E-state index is -0.998. The van der Waals surface area contributed by atoms with Gasteiger partial charge in [0.25, 0.3) is 0 Å². The number of piperidine rings is 1. The fourth-order valence-corrected chi connectivity index (χ4v) is 14.3. The van der Waals surface area contributed by atoms with Gasteiger partial charge in [-0.2, -0.15) is 0 Å². The number of fused-ring (bicyclic) bond motifs is 4. The molecule has 3 spiro atoms. The maximum absolute atomic E-state index is 14.6. The Morgan fingerprint density at radius 2 is 1.77 bits per heavy atom. The topological polar surface area (TPSA) is 139 Å². The first-order valence-corrected chi connectivity index (χ1v) is 20.9. The molecule has 8 heteroatoms. The number of ether oxygens (including phenoxy) is 1. The van der Waals surface area contributed by atoms with Gasteiger partial charge in [-0.15, -0.1) is 0 Å². The summed E-state index contributed by atoms with van der Waals surface area (Å²) in [6.45, 7) is 0.240. The lowest BCUT2D eigenvalue weighted by molar-refractivity contribution is -0.153. The number of carbonyl (C=O) groups excluding carboxylic acids is 1. The van der Waals surface area contributed by atoms with Crippen LogP contribution in [0.2, 0.25) is 0 Å². The highest BCUT2D eigenvalue weighted by Crippen LogP contribution is 2.78. The zero-order valence-corrected chi connectivity index (χ0v) is 32.1. The number of hydrogen-bond acceptors (Lipinski definition) is 8. The van der Waals surface area contributed by atoms with Crippen LogP contribution in [0.15, 0.2) is 66.7 Å². The summed E-state index contributed by atoms with van der Waals surface area (Å²) >= 11 is 0. The molecule has 3 aromatic carbocycles. The predicted octanol–water partition coefficient (Wildman–Crippen LogP) is 6.76. The second kappa shape index (κ2) is 13.1. The van der Waals surface area contributed by atoms with Crippen LogP contribution in [0.4, 0.5) is 0 Å². The fraction of sp³-hybridized carbons (Fsp3) is 0.521. The molecule has 12 atom stereocenters. The molecule has 6 N–H and O–H groups in total. The molecule has 0 radical (unpaired) electrons. The molecule has 1 heterocycles. The highest BCUT2D eigenvalue weighted by Gasteiger charge is 2.73. The predicted molar refractivity (Wildman–Crippen MR) is 211 cm³/mol. The molecule has 1 saturated heterocycles. The van der Waals surface area contributed by atoms with Crippen LogP contribution >= 0.6 is 0 Å². The van der Waals surface area contributed by atoms with E-state index >= 15 is 0 Å². The van der Waals surface area contributed by atoms with Gasteiger partial charge in [0.05, 0.1) is 19.8 Å². The fourth-order valence-electron chi connectivity index (χ4n) is 14.3. The summed E-state index contributed by atoms with van der Waals surface area (Å²) in [7, 11) is 1.49. The molecule has 4 fully saturated rings. The zero-order chi connectivity index (χ0) is 38.6. The van der Waals surface area contributed by atoms with Crippen molar-refractivity contribution in [2.75, 3.05) is 13.7 Å². The van der Waals surface area contributed by atoms with E-state index in [2.05, 4.69) is 41.4 Å². The summed E-state index contributed by atoms with van der Waals surface area (Å²) in [6.07, 6.45) is 12.3. The number of rotatable bonds is 5. The van der Waals surface area contributed by atoms with Gasteiger partial charge in [-0.3, -0.25) is 4.79 Å². The molecule has 6 aliphatic carbocycles. The number of allylic oxidation sites excluding steroid dienone is 2. The Hall–Kier alpha value is -4.29. The Morgan fingerprint density at radius 3 is 2.57 bits per heavy atom. The number of methoxy groups -OCH3 is 1. The third kappa shape index (κ3) is 5.06. The Kier molecular flexibility index (Phi) is 8.46. The number of nitrogens with one attached hydrogen (secondary N) is 1. The minimum absolute atomic E-state index is 0.00528. The zero-order valence-electron chi connectivity index (χ0n) is 32.1. The van der Waals surface area contributed by atoms with Crippen molar-refractivity contribution in [1.29, 1.82) is 0 Å². The number of carbonyl (C=O) groups is 1. The maximum atomic E-state index is 14.6. The normalized spacial score (nSPS) is 38.9. The van der Waals surface area contributed by atoms with Crippen molar-refractivity contribution in [2.24, 2.45) is 40.4 Å². The molecule has 12 unspecified atom stereocenters. The van der Waals surface area contributed by atoms with E-state index in [4.69, 9.17) is 4.74 Å². The molecular weight excluding hydrogens is 703 g/mol. The van der Waals surface area contributed by atoms with Crippen LogP contribution in [0.25, 0.3) is 0 Å². The van der Waals surface area contributed by atoms with Crippen molar-refractivity contribution < 1.29 is 35.1 Å². The van der Waals surface area contributed by atoms with E-state index < -0.39 is 23.4 Å². The SMILES string of the molecule is COc1cc(C2CC(=O)CC(O)C3C(C#CC2Cc2ccccc2)CNC2CCC45C=CC6CCCC6(C4)C4CC5C23c2cc(O)c(O)cc24)c(CO)cc1O. The quantitative estimate of drug-likeness (QED) is 0.0955. The summed E-state index contributed by atoms with van der Waals surface area (Å²) in [5.41, 5.74) is 3.89. The lowest BCUT2D eigenvalue weighted by Crippen LogP contribution is -2.74. The molecule has 0 amide bonds. The summed E-state index contributed by atoms with van der Waals surface area (Å²) in [5.74, 6) is 6.83. The van der Waals surface area contributed by atoms with Crippen LogP contribution in [0, 0.1) is 52.3 Å². The van der Waals surface area contributed by atoms with E-state index in [0.717, 1.165) is 42.4 Å². The molecule has 8 nitrogen and oxygen atoms in total. The number of phenols is 3. The lowest BCUT2D eigenvalue weighted by Gasteiger charge is -2.73. The molecule has 1 aliphatic heterocycles. The average molecular weight is 756 g/mol. The van der Waals surface area contributed by atoms with Crippen molar-refractivity contribution in [3.8, 4) is 34.8 Å². The van der Waals surface area contributed by atoms with Gasteiger partial charge in [0.15, 0.2) is 23.0 Å². The van der Waals surface area contributed by atoms with Crippen LogP contribution in [-0.2, 0) is 23.2 Å². The lowest BCUT2D eigenvalue weighted by atomic mass is 9.32. The van der Waals surface area contributed by atoms with Gasteiger partial charge in [-0.25, -0.2) is 0 Å². The van der Waals surface area contributed by atoms with E-state index in [1.807, 2.05) is 30.3 Å². The van der Waals surface area contributed by atoms with Crippen molar-refractivity contribution in [3.05, 3.63) is 94.6 Å². The van der Waals surface area contributed by atoms with Crippen LogP contribution in [-0.4, -0.2) is 57.1 Å². The third-order valence-electron chi connectivity index (χ3n) is 16.2. The van der Waals surface area contributed by atoms with Crippen LogP contribution in [0.3, 0.4) is 0 Å². The molecule has 292 valence electrons. The number of aliphatic hydroxyl groups excluding tert-OH is 2.